The van der Waals surface area contributed by atoms with Crippen LogP contribution >= 0.6 is 0 Å². The fraction of sp³-hybridized carbons (Fsp3) is 0.278. The fourth-order valence-electron chi connectivity index (χ4n) is 2.80. The molecule has 7 heteroatoms. The quantitative estimate of drug-likeness (QED) is 0.717. The third-order valence-corrected chi connectivity index (χ3v) is 4.39. The molecular formula is C18H17N5O2. The highest BCUT2D eigenvalue weighted by Crippen LogP contribution is 2.43. The second kappa shape index (κ2) is 6.08. The molecule has 0 radical (unpaired) electrons. The first-order valence-corrected chi connectivity index (χ1v) is 8.06. The van der Waals surface area contributed by atoms with Gasteiger partial charge in [-0.05, 0) is 31.0 Å². The van der Waals surface area contributed by atoms with E-state index in [4.69, 9.17) is 9.72 Å². The van der Waals surface area contributed by atoms with E-state index in [0.29, 0.717) is 18.1 Å². The summed E-state index contributed by atoms with van der Waals surface area (Å²) in [5, 5.41) is 4.33. The third-order valence-electron chi connectivity index (χ3n) is 4.39. The van der Waals surface area contributed by atoms with E-state index in [0.717, 1.165) is 29.3 Å². The van der Waals surface area contributed by atoms with Crippen LogP contribution in [0.1, 0.15) is 19.3 Å². The van der Waals surface area contributed by atoms with E-state index < -0.39 is 0 Å². The maximum absolute atomic E-state index is 11.7. The lowest BCUT2D eigenvalue weighted by Crippen LogP contribution is -2.26. The maximum Gasteiger partial charge on any atom is 0.307 e. The summed E-state index contributed by atoms with van der Waals surface area (Å²) in [6.07, 6.45) is 8.98. The van der Waals surface area contributed by atoms with Gasteiger partial charge in [0, 0.05) is 35.1 Å². The zero-order chi connectivity index (χ0) is 17.3. The Morgan fingerprint density at radius 3 is 2.64 bits per heavy atom. The molecule has 0 spiro atoms. The zero-order valence-electron chi connectivity index (χ0n) is 13.8. The van der Waals surface area contributed by atoms with Crippen LogP contribution in [-0.2, 0) is 9.53 Å². The zero-order valence-corrected chi connectivity index (χ0v) is 13.8. The van der Waals surface area contributed by atoms with Crippen molar-refractivity contribution in [3.05, 3.63) is 43.0 Å². The highest BCUT2D eigenvalue weighted by molar-refractivity contribution is 5.90. The van der Waals surface area contributed by atoms with Gasteiger partial charge in [0.1, 0.15) is 5.82 Å². The van der Waals surface area contributed by atoms with Gasteiger partial charge in [-0.2, -0.15) is 0 Å². The van der Waals surface area contributed by atoms with Gasteiger partial charge in [0.2, 0.25) is 0 Å². The SMILES string of the molecule is COC(=O)CC1(Nc2nc(-c3ccncc3)nc3cnccc23)CC1. The summed E-state index contributed by atoms with van der Waals surface area (Å²) in [4.78, 5) is 29.2. The molecule has 1 N–H and O–H groups in total. The number of rotatable bonds is 5. The number of methoxy groups -OCH3 is 1. The van der Waals surface area contributed by atoms with Gasteiger partial charge in [-0.15, -0.1) is 0 Å². The summed E-state index contributed by atoms with van der Waals surface area (Å²) in [5.74, 6) is 1.08. The molecule has 0 atom stereocenters. The van der Waals surface area contributed by atoms with Crippen LogP contribution in [0.3, 0.4) is 0 Å². The van der Waals surface area contributed by atoms with Crippen LogP contribution in [0.15, 0.2) is 43.0 Å². The predicted octanol–water partition coefficient (Wildman–Crippen LogP) is 2.59. The molecule has 1 saturated carbocycles. The normalized spacial score (nSPS) is 14.9. The molecule has 1 aliphatic rings. The van der Waals surface area contributed by atoms with Gasteiger partial charge >= 0.3 is 5.97 Å². The first-order valence-electron chi connectivity index (χ1n) is 8.06. The molecule has 126 valence electrons. The second-order valence-corrected chi connectivity index (χ2v) is 6.18. The summed E-state index contributed by atoms with van der Waals surface area (Å²) < 4.78 is 4.82. The molecule has 0 aliphatic heterocycles. The smallest absolute Gasteiger partial charge is 0.307 e. The van der Waals surface area contributed by atoms with Crippen molar-refractivity contribution in [3.8, 4) is 11.4 Å². The first-order chi connectivity index (χ1) is 12.2. The number of carbonyl (C=O) groups is 1. The van der Waals surface area contributed by atoms with Gasteiger partial charge < -0.3 is 10.1 Å². The lowest BCUT2D eigenvalue weighted by atomic mass is 10.1. The number of carbonyl (C=O) groups excluding carboxylic acids is 1. The molecule has 3 aromatic heterocycles. The molecule has 0 saturated heterocycles. The summed E-state index contributed by atoms with van der Waals surface area (Å²) in [6, 6.07) is 5.60. The van der Waals surface area contributed by atoms with E-state index in [2.05, 4.69) is 20.3 Å². The minimum atomic E-state index is -0.285. The maximum atomic E-state index is 11.7. The van der Waals surface area contributed by atoms with E-state index in [1.165, 1.54) is 7.11 Å². The van der Waals surface area contributed by atoms with Crippen molar-refractivity contribution >= 4 is 22.7 Å². The number of aromatic nitrogens is 4. The van der Waals surface area contributed by atoms with Crippen molar-refractivity contribution in [1.29, 1.82) is 0 Å². The van der Waals surface area contributed by atoms with E-state index in [1.54, 1.807) is 24.8 Å². The fourth-order valence-corrected chi connectivity index (χ4v) is 2.80. The Morgan fingerprint density at radius 1 is 1.16 bits per heavy atom. The van der Waals surface area contributed by atoms with Gasteiger partial charge in [0.15, 0.2) is 5.82 Å². The highest BCUT2D eigenvalue weighted by Gasteiger charge is 2.45. The standard InChI is InChI=1S/C18H17N5O2/c1-25-15(24)10-18(5-6-18)23-17-13-4-9-20-11-14(13)21-16(22-17)12-2-7-19-8-3-12/h2-4,7-9,11H,5-6,10H2,1H3,(H,21,22,23). The van der Waals surface area contributed by atoms with E-state index in [9.17, 15) is 4.79 Å². The van der Waals surface area contributed by atoms with Crippen LogP contribution in [-0.4, -0.2) is 38.6 Å². The topological polar surface area (TPSA) is 89.9 Å². The second-order valence-electron chi connectivity index (χ2n) is 6.18. The van der Waals surface area contributed by atoms with E-state index in [1.807, 2.05) is 18.2 Å². The Balaban J connectivity index is 1.76. The van der Waals surface area contributed by atoms with Crippen LogP contribution in [0.5, 0.6) is 0 Å². The molecule has 0 aromatic carbocycles. The van der Waals surface area contributed by atoms with Gasteiger partial charge in [-0.1, -0.05) is 0 Å². The van der Waals surface area contributed by atoms with Crippen LogP contribution in [0.25, 0.3) is 22.3 Å². The summed E-state index contributed by atoms with van der Waals surface area (Å²) >= 11 is 0. The Kier molecular flexibility index (Phi) is 3.76. The van der Waals surface area contributed by atoms with Crippen molar-refractivity contribution < 1.29 is 9.53 Å². The minimum Gasteiger partial charge on any atom is -0.469 e. The summed E-state index contributed by atoms with van der Waals surface area (Å²) in [7, 11) is 1.41. The van der Waals surface area contributed by atoms with Crippen LogP contribution in [0, 0.1) is 0 Å². The minimum absolute atomic E-state index is 0.223. The van der Waals surface area contributed by atoms with Gasteiger partial charge in [0.25, 0.3) is 0 Å². The van der Waals surface area contributed by atoms with Crippen LogP contribution in [0.2, 0.25) is 0 Å². The highest BCUT2D eigenvalue weighted by atomic mass is 16.5. The number of ether oxygens (including phenoxy) is 1. The molecule has 7 nitrogen and oxygen atoms in total. The molecule has 1 aliphatic carbocycles. The number of esters is 1. The van der Waals surface area contributed by atoms with Crippen LogP contribution < -0.4 is 5.32 Å². The molecule has 3 aromatic rings. The van der Waals surface area contributed by atoms with E-state index in [-0.39, 0.29) is 11.5 Å². The Labute approximate surface area is 144 Å². The Morgan fingerprint density at radius 2 is 1.92 bits per heavy atom. The van der Waals surface area contributed by atoms with Crippen molar-refractivity contribution in [2.45, 2.75) is 24.8 Å². The number of nitrogens with zero attached hydrogens (tertiary/aromatic N) is 4. The number of anilines is 1. The number of fused-ring (bicyclic) bond motifs is 1. The van der Waals surface area contributed by atoms with Crippen LogP contribution in [0.4, 0.5) is 5.82 Å². The molecule has 0 bridgehead atoms. The van der Waals surface area contributed by atoms with E-state index >= 15 is 0 Å². The van der Waals surface area contributed by atoms with Crippen molar-refractivity contribution in [2.24, 2.45) is 0 Å². The Hall–Kier alpha value is -3.09. The van der Waals surface area contributed by atoms with Crippen molar-refractivity contribution in [3.63, 3.8) is 0 Å². The lowest BCUT2D eigenvalue weighted by molar-refractivity contribution is -0.141. The molecule has 0 amide bonds. The molecule has 4 rings (SSSR count). The monoisotopic (exact) mass is 335 g/mol. The average Bonchev–Trinajstić information content (AvgIpc) is 3.41. The molecule has 0 unspecified atom stereocenters. The molecule has 25 heavy (non-hydrogen) atoms. The summed E-state index contributed by atoms with van der Waals surface area (Å²) in [5.41, 5.74) is 1.34. The molecule has 1 fully saturated rings. The van der Waals surface area contributed by atoms with Gasteiger partial charge in [0.05, 0.1) is 25.2 Å². The molecular weight excluding hydrogens is 318 g/mol. The first kappa shape index (κ1) is 15.4. The predicted molar refractivity (Wildman–Crippen MR) is 92.8 cm³/mol. The molecule has 3 heterocycles. The lowest BCUT2D eigenvalue weighted by Gasteiger charge is -2.18. The third kappa shape index (κ3) is 3.13. The summed E-state index contributed by atoms with van der Waals surface area (Å²) in [6.45, 7) is 0. The average molecular weight is 335 g/mol. The number of nitrogens with one attached hydrogen (secondary N) is 1. The van der Waals surface area contributed by atoms with Crippen molar-refractivity contribution in [2.75, 3.05) is 12.4 Å². The van der Waals surface area contributed by atoms with Gasteiger partial charge in [-0.25, -0.2) is 9.97 Å². The largest absolute Gasteiger partial charge is 0.469 e. The van der Waals surface area contributed by atoms with Crippen molar-refractivity contribution in [1.82, 2.24) is 19.9 Å². The Bertz CT molecular complexity index is 925. The van der Waals surface area contributed by atoms with Gasteiger partial charge in [-0.3, -0.25) is 14.8 Å². The number of hydrogen-bond donors (Lipinski definition) is 1. The number of pyridine rings is 2. The number of hydrogen-bond acceptors (Lipinski definition) is 7.